The number of aromatic nitrogens is 1. The zero-order chi connectivity index (χ0) is 19.5. The largest absolute Gasteiger partial charge is 0.339 e. The summed E-state index contributed by atoms with van der Waals surface area (Å²) in [6.45, 7) is 4.73. The molecular weight excluding hydrogens is 370 g/mol. The molecule has 1 unspecified atom stereocenters. The molecule has 1 aromatic carbocycles. The van der Waals surface area contributed by atoms with Crippen LogP contribution in [-0.4, -0.2) is 40.8 Å². The Morgan fingerprint density at radius 2 is 2.04 bits per heavy atom. The van der Waals surface area contributed by atoms with Gasteiger partial charge in [0.05, 0.1) is 11.6 Å². The van der Waals surface area contributed by atoms with Gasteiger partial charge in [-0.25, -0.2) is 4.98 Å². The van der Waals surface area contributed by atoms with Crippen LogP contribution >= 0.6 is 11.3 Å². The van der Waals surface area contributed by atoms with Crippen LogP contribution in [0.5, 0.6) is 0 Å². The maximum absolute atomic E-state index is 13.3. The van der Waals surface area contributed by atoms with Crippen LogP contribution in [0.15, 0.2) is 48.4 Å². The average Bonchev–Trinajstić information content (AvgIpc) is 3.46. The Hall–Kier alpha value is -2.47. The second-order valence-electron chi connectivity index (χ2n) is 7.50. The van der Waals surface area contributed by atoms with Gasteiger partial charge < -0.3 is 4.90 Å². The van der Waals surface area contributed by atoms with Gasteiger partial charge in [-0.15, -0.1) is 17.9 Å². The van der Waals surface area contributed by atoms with E-state index in [4.69, 9.17) is 0 Å². The fourth-order valence-electron chi connectivity index (χ4n) is 4.21. The van der Waals surface area contributed by atoms with Gasteiger partial charge in [-0.05, 0) is 12.8 Å². The molecule has 28 heavy (non-hydrogen) atoms. The molecule has 1 saturated heterocycles. The number of benzene rings is 1. The fraction of sp³-hybridized carbons (Fsp3) is 0.409. The maximum Gasteiger partial charge on any atom is 0.234 e. The van der Waals surface area contributed by atoms with Crippen LogP contribution in [-0.2, 0) is 9.59 Å². The summed E-state index contributed by atoms with van der Waals surface area (Å²) in [5.74, 6) is -0.201. The summed E-state index contributed by atoms with van der Waals surface area (Å²) < 4.78 is 0. The Morgan fingerprint density at radius 3 is 2.75 bits per heavy atom. The quantitative estimate of drug-likeness (QED) is 0.692. The highest BCUT2D eigenvalue weighted by molar-refractivity contribution is 7.14. The number of amides is 2. The van der Waals surface area contributed by atoms with Crippen molar-refractivity contribution in [1.82, 2.24) is 9.88 Å². The number of hydrogen-bond donors (Lipinski definition) is 0. The van der Waals surface area contributed by atoms with Gasteiger partial charge in [0.25, 0.3) is 0 Å². The molecular formula is C22H25N3O2S. The molecule has 1 aliphatic carbocycles. The van der Waals surface area contributed by atoms with Crippen molar-refractivity contribution in [3.8, 4) is 11.3 Å². The molecule has 1 atom stereocenters. The van der Waals surface area contributed by atoms with E-state index in [1.54, 1.807) is 11.0 Å². The Morgan fingerprint density at radius 1 is 1.29 bits per heavy atom. The van der Waals surface area contributed by atoms with E-state index in [-0.39, 0.29) is 17.7 Å². The molecule has 0 radical (unpaired) electrons. The molecule has 2 fully saturated rings. The first kappa shape index (κ1) is 18.9. The number of anilines is 1. The molecule has 2 aromatic rings. The number of thiazole rings is 1. The van der Waals surface area contributed by atoms with Gasteiger partial charge in [-0.1, -0.05) is 49.2 Å². The van der Waals surface area contributed by atoms with Crippen molar-refractivity contribution in [2.24, 2.45) is 5.92 Å². The molecule has 1 aromatic heterocycles. The third kappa shape index (κ3) is 3.74. The molecule has 1 saturated carbocycles. The Balaban J connectivity index is 1.51. The highest BCUT2D eigenvalue weighted by atomic mass is 32.1. The van der Waals surface area contributed by atoms with Gasteiger partial charge in [0.1, 0.15) is 0 Å². The van der Waals surface area contributed by atoms with Crippen LogP contribution in [0.25, 0.3) is 11.3 Å². The van der Waals surface area contributed by atoms with Gasteiger partial charge in [0.2, 0.25) is 11.8 Å². The van der Waals surface area contributed by atoms with Gasteiger partial charge in [-0.3, -0.25) is 14.5 Å². The summed E-state index contributed by atoms with van der Waals surface area (Å²) in [7, 11) is 0. The summed E-state index contributed by atoms with van der Waals surface area (Å²) in [6, 6.07) is 10.3. The van der Waals surface area contributed by atoms with Gasteiger partial charge in [0, 0.05) is 36.5 Å². The molecule has 2 heterocycles. The normalized spacial score (nSPS) is 19.9. The van der Waals surface area contributed by atoms with Crippen LogP contribution in [0.1, 0.15) is 32.1 Å². The number of nitrogens with zero attached hydrogens (tertiary/aromatic N) is 3. The third-order valence-electron chi connectivity index (χ3n) is 5.64. The molecule has 0 bridgehead atoms. The third-order valence-corrected chi connectivity index (χ3v) is 6.51. The SMILES string of the molecule is C=CCN(C(=O)C1CC(=O)N(C2CCCC2)C1)c1nc(-c2ccccc2)cs1. The number of carbonyl (C=O) groups excluding carboxylic acids is 2. The minimum atomic E-state index is -0.294. The highest BCUT2D eigenvalue weighted by Gasteiger charge is 2.40. The van der Waals surface area contributed by atoms with Gasteiger partial charge in [0.15, 0.2) is 5.13 Å². The molecule has 146 valence electrons. The Bertz CT molecular complexity index is 858. The summed E-state index contributed by atoms with van der Waals surface area (Å²) in [5, 5.41) is 2.63. The smallest absolute Gasteiger partial charge is 0.234 e. The maximum atomic E-state index is 13.3. The number of rotatable bonds is 6. The van der Waals surface area contributed by atoms with E-state index in [1.165, 1.54) is 24.2 Å². The summed E-state index contributed by atoms with van der Waals surface area (Å²) in [6.07, 6.45) is 6.51. The van der Waals surface area contributed by atoms with E-state index in [0.717, 1.165) is 24.1 Å². The van der Waals surface area contributed by atoms with Crippen LogP contribution in [0.2, 0.25) is 0 Å². The van der Waals surface area contributed by atoms with E-state index >= 15 is 0 Å². The van der Waals surface area contributed by atoms with E-state index in [9.17, 15) is 9.59 Å². The van der Waals surface area contributed by atoms with E-state index in [1.807, 2.05) is 40.6 Å². The first-order valence-corrected chi connectivity index (χ1v) is 10.8. The van der Waals surface area contributed by atoms with Crippen LogP contribution in [0, 0.1) is 5.92 Å². The van der Waals surface area contributed by atoms with E-state index in [2.05, 4.69) is 11.6 Å². The predicted molar refractivity (Wildman–Crippen MR) is 112 cm³/mol. The summed E-state index contributed by atoms with van der Waals surface area (Å²) in [5.41, 5.74) is 1.89. The lowest BCUT2D eigenvalue weighted by molar-refractivity contribution is -0.130. The highest BCUT2D eigenvalue weighted by Crippen LogP contribution is 2.33. The van der Waals surface area contributed by atoms with Crippen molar-refractivity contribution in [3.63, 3.8) is 0 Å². The number of carbonyl (C=O) groups is 2. The minimum Gasteiger partial charge on any atom is -0.339 e. The van der Waals surface area contributed by atoms with Crippen molar-refractivity contribution in [3.05, 3.63) is 48.4 Å². The number of hydrogen-bond acceptors (Lipinski definition) is 4. The molecule has 2 aliphatic rings. The Kier molecular flexibility index (Phi) is 5.57. The minimum absolute atomic E-state index is 0.0253. The first-order chi connectivity index (χ1) is 13.7. The standard InChI is InChI=1S/C22H25N3O2S/c1-2-12-24(22-23-19(15-28-22)16-8-4-3-5-9-16)21(27)17-13-20(26)25(14-17)18-10-6-7-11-18/h2-5,8-9,15,17-18H,1,6-7,10-14H2. The topological polar surface area (TPSA) is 53.5 Å². The second-order valence-corrected chi connectivity index (χ2v) is 8.34. The predicted octanol–water partition coefficient (Wildman–Crippen LogP) is 4.12. The summed E-state index contributed by atoms with van der Waals surface area (Å²) in [4.78, 5) is 34.1. The van der Waals surface area contributed by atoms with Gasteiger partial charge in [-0.2, -0.15) is 0 Å². The second kappa shape index (κ2) is 8.27. The molecule has 2 amide bonds. The zero-order valence-electron chi connectivity index (χ0n) is 15.9. The molecule has 6 heteroatoms. The fourth-order valence-corrected chi connectivity index (χ4v) is 5.06. The first-order valence-electron chi connectivity index (χ1n) is 9.90. The van der Waals surface area contributed by atoms with Crippen molar-refractivity contribution < 1.29 is 9.59 Å². The molecule has 5 nitrogen and oxygen atoms in total. The van der Waals surface area contributed by atoms with E-state index in [0.29, 0.717) is 30.7 Å². The van der Waals surface area contributed by atoms with Crippen molar-refractivity contribution in [2.75, 3.05) is 18.0 Å². The van der Waals surface area contributed by atoms with Crippen molar-refractivity contribution >= 4 is 28.3 Å². The van der Waals surface area contributed by atoms with Crippen LogP contribution in [0.4, 0.5) is 5.13 Å². The molecule has 0 N–H and O–H groups in total. The monoisotopic (exact) mass is 395 g/mol. The molecule has 0 spiro atoms. The molecule has 1 aliphatic heterocycles. The van der Waals surface area contributed by atoms with Crippen LogP contribution in [0.3, 0.4) is 0 Å². The zero-order valence-corrected chi connectivity index (χ0v) is 16.7. The van der Waals surface area contributed by atoms with Crippen LogP contribution < -0.4 is 4.90 Å². The Labute approximate surface area is 169 Å². The molecule has 4 rings (SSSR count). The lowest BCUT2D eigenvalue weighted by Crippen LogP contribution is -2.39. The summed E-state index contributed by atoms with van der Waals surface area (Å²) >= 11 is 1.45. The van der Waals surface area contributed by atoms with Crippen molar-refractivity contribution in [2.45, 2.75) is 38.1 Å². The van der Waals surface area contributed by atoms with E-state index < -0.39 is 0 Å². The van der Waals surface area contributed by atoms with Crippen molar-refractivity contribution in [1.29, 1.82) is 0 Å². The number of likely N-dealkylation sites (tertiary alicyclic amines) is 1. The lowest BCUT2D eigenvalue weighted by Gasteiger charge is -2.25. The lowest BCUT2D eigenvalue weighted by atomic mass is 10.1. The van der Waals surface area contributed by atoms with Gasteiger partial charge >= 0.3 is 0 Å². The average molecular weight is 396 g/mol.